The molecule has 0 saturated carbocycles. The zero-order chi connectivity index (χ0) is 39.1. The Bertz CT molecular complexity index is 3130. The first-order chi connectivity index (χ1) is 29.2. The van der Waals surface area contributed by atoms with E-state index in [2.05, 4.69) is 66.7 Å². The first-order valence-corrected chi connectivity index (χ1v) is 19.3. The zero-order valence-corrected chi connectivity index (χ0v) is 31.4. The maximum atomic E-state index is 6.40. The van der Waals surface area contributed by atoms with Gasteiger partial charge < -0.3 is 4.42 Å². The number of hydrogen-bond donors (Lipinski definition) is 0. The van der Waals surface area contributed by atoms with Gasteiger partial charge in [-0.3, -0.25) is 9.97 Å². The second kappa shape index (κ2) is 14.4. The molecular weight excluding hydrogens is 727 g/mol. The van der Waals surface area contributed by atoms with E-state index >= 15 is 0 Å². The third kappa shape index (κ3) is 6.64. The third-order valence-corrected chi connectivity index (χ3v) is 10.4. The minimum atomic E-state index is 0.488. The van der Waals surface area contributed by atoms with Gasteiger partial charge in [0.15, 0.2) is 17.2 Å². The summed E-state index contributed by atoms with van der Waals surface area (Å²) in [7, 11) is 0. The van der Waals surface area contributed by atoms with Crippen LogP contribution >= 0.6 is 0 Å². The Morgan fingerprint density at radius 2 is 0.729 bits per heavy atom. The summed E-state index contributed by atoms with van der Waals surface area (Å²) in [6.45, 7) is 0. The van der Waals surface area contributed by atoms with Crippen molar-refractivity contribution in [1.82, 2.24) is 34.9 Å². The molecule has 8 heteroatoms. The fraction of sp³-hybridized carbons (Fsp3) is 0. The number of fused-ring (bicyclic) bond motifs is 3. The molecule has 0 bridgehead atoms. The summed E-state index contributed by atoms with van der Waals surface area (Å²) in [6.07, 6.45) is 3.68. The smallest absolute Gasteiger partial charge is 0.227 e. The minimum Gasteiger partial charge on any atom is -0.436 e. The molecular formula is C51H31N7O. The summed E-state index contributed by atoms with van der Waals surface area (Å²) in [6, 6.07) is 58.7. The Morgan fingerprint density at radius 3 is 1.24 bits per heavy atom. The number of aromatic nitrogens is 7. The topological polar surface area (TPSA) is 103 Å². The second-order valence-electron chi connectivity index (χ2n) is 14.3. The molecule has 11 rings (SSSR count). The normalized spacial score (nSPS) is 11.4. The Labute approximate surface area is 338 Å². The van der Waals surface area contributed by atoms with Crippen molar-refractivity contribution in [3.63, 3.8) is 0 Å². The van der Waals surface area contributed by atoms with Crippen LogP contribution in [0.1, 0.15) is 0 Å². The molecule has 0 spiro atoms. The summed E-state index contributed by atoms with van der Waals surface area (Å²) < 4.78 is 6.40. The van der Waals surface area contributed by atoms with Gasteiger partial charge in [-0.1, -0.05) is 109 Å². The van der Waals surface area contributed by atoms with Crippen LogP contribution in [0.5, 0.6) is 0 Å². The number of pyridine rings is 2. The molecule has 0 saturated heterocycles. The zero-order valence-electron chi connectivity index (χ0n) is 31.4. The maximum absolute atomic E-state index is 6.40. The van der Waals surface area contributed by atoms with Crippen molar-refractivity contribution in [2.45, 2.75) is 0 Å². The number of nitrogens with zero attached hydrogens (tertiary/aromatic N) is 7. The highest BCUT2D eigenvalue weighted by Crippen LogP contribution is 2.37. The molecule has 11 aromatic rings. The molecule has 6 aromatic carbocycles. The Morgan fingerprint density at radius 1 is 0.305 bits per heavy atom. The molecule has 0 radical (unpaired) electrons. The highest BCUT2D eigenvalue weighted by Gasteiger charge is 2.19. The molecule has 59 heavy (non-hydrogen) atoms. The standard InChI is InChI=1S/C51H31N7O/c1-3-13-32(14-4-1)44-28-46(56-49(54-44)39-23-34-17-7-9-19-41(34)52-30-39)36-25-37(27-38(26-36)51-58-43-21-11-12-22-48(43)59-51)47-29-45(33-15-5-2-6-16-33)55-50(57-47)40-24-35-18-8-10-20-42(35)53-31-40/h1-31H. The van der Waals surface area contributed by atoms with Crippen LogP contribution in [0, 0.1) is 0 Å². The third-order valence-electron chi connectivity index (χ3n) is 10.4. The average molecular weight is 758 g/mol. The van der Waals surface area contributed by atoms with Gasteiger partial charge in [-0.15, -0.1) is 0 Å². The van der Waals surface area contributed by atoms with Gasteiger partial charge in [0.2, 0.25) is 5.89 Å². The lowest BCUT2D eigenvalue weighted by atomic mass is 9.98. The minimum absolute atomic E-state index is 0.488. The van der Waals surface area contributed by atoms with Crippen LogP contribution in [0.3, 0.4) is 0 Å². The van der Waals surface area contributed by atoms with Crippen LogP contribution in [0.2, 0.25) is 0 Å². The van der Waals surface area contributed by atoms with Crippen molar-refractivity contribution >= 4 is 32.9 Å². The van der Waals surface area contributed by atoms with Gasteiger partial charge in [0, 0.05) is 62.1 Å². The largest absolute Gasteiger partial charge is 0.436 e. The molecule has 0 fully saturated rings. The van der Waals surface area contributed by atoms with Crippen molar-refractivity contribution < 1.29 is 4.42 Å². The van der Waals surface area contributed by atoms with Gasteiger partial charge in [-0.25, -0.2) is 24.9 Å². The molecule has 5 heterocycles. The molecule has 0 atom stereocenters. The predicted octanol–water partition coefficient (Wildman–Crippen LogP) is 12.2. The Hall–Kier alpha value is -8.23. The molecule has 5 aromatic heterocycles. The number of benzene rings is 6. The van der Waals surface area contributed by atoms with Gasteiger partial charge in [-0.2, -0.15) is 0 Å². The highest BCUT2D eigenvalue weighted by atomic mass is 16.3. The summed E-state index contributed by atoms with van der Waals surface area (Å²) in [4.78, 5) is 35.1. The lowest BCUT2D eigenvalue weighted by Gasteiger charge is -2.13. The van der Waals surface area contributed by atoms with Crippen LogP contribution in [0.4, 0.5) is 0 Å². The molecule has 0 amide bonds. The fourth-order valence-corrected chi connectivity index (χ4v) is 7.39. The number of rotatable bonds is 7. The average Bonchev–Trinajstić information content (AvgIpc) is 3.76. The number of oxazole rings is 1. The summed E-state index contributed by atoms with van der Waals surface area (Å²) in [5.41, 5.74) is 12.3. The predicted molar refractivity (Wildman–Crippen MR) is 234 cm³/mol. The van der Waals surface area contributed by atoms with Gasteiger partial charge in [0.25, 0.3) is 0 Å². The van der Waals surface area contributed by atoms with E-state index in [0.717, 1.165) is 89.0 Å². The van der Waals surface area contributed by atoms with Crippen molar-refractivity contribution in [2.24, 2.45) is 0 Å². The van der Waals surface area contributed by atoms with Gasteiger partial charge in [-0.05, 0) is 66.7 Å². The molecule has 0 aliphatic rings. The van der Waals surface area contributed by atoms with Gasteiger partial charge in [0.1, 0.15) is 5.52 Å². The molecule has 276 valence electrons. The van der Waals surface area contributed by atoms with Crippen molar-refractivity contribution in [2.75, 3.05) is 0 Å². The molecule has 0 unspecified atom stereocenters. The van der Waals surface area contributed by atoms with Gasteiger partial charge >= 0.3 is 0 Å². The Balaban J connectivity index is 1.15. The Kier molecular flexibility index (Phi) is 8.29. The van der Waals surface area contributed by atoms with E-state index in [-0.39, 0.29) is 0 Å². The molecule has 0 aliphatic heterocycles. The summed E-state index contributed by atoms with van der Waals surface area (Å²) in [5.74, 6) is 1.61. The van der Waals surface area contributed by atoms with E-state index in [1.807, 2.05) is 122 Å². The maximum Gasteiger partial charge on any atom is 0.227 e. The van der Waals surface area contributed by atoms with Crippen molar-refractivity contribution in [3.8, 4) is 79.3 Å². The van der Waals surface area contributed by atoms with Crippen LogP contribution in [-0.4, -0.2) is 34.9 Å². The first kappa shape index (κ1) is 34.1. The monoisotopic (exact) mass is 757 g/mol. The number of para-hydroxylation sites is 4. The summed E-state index contributed by atoms with van der Waals surface area (Å²) in [5, 5.41) is 2.02. The fourth-order valence-electron chi connectivity index (χ4n) is 7.39. The second-order valence-corrected chi connectivity index (χ2v) is 14.3. The molecule has 8 nitrogen and oxygen atoms in total. The van der Waals surface area contributed by atoms with Gasteiger partial charge in [0.05, 0.1) is 33.8 Å². The first-order valence-electron chi connectivity index (χ1n) is 19.3. The molecule has 0 N–H and O–H groups in total. The quantitative estimate of drug-likeness (QED) is 0.158. The van der Waals surface area contributed by atoms with E-state index in [1.54, 1.807) is 0 Å². The van der Waals surface area contributed by atoms with E-state index in [0.29, 0.717) is 23.1 Å². The van der Waals surface area contributed by atoms with Crippen molar-refractivity contribution in [3.05, 3.63) is 188 Å². The SMILES string of the molecule is c1ccc(-c2cc(-c3cc(-c4cc(-c5ccccc5)nc(-c5cnc6ccccc6c5)n4)cc(-c4nc5ccccc5o4)c3)nc(-c3cnc4ccccc4c3)n2)cc1. The van der Waals surface area contributed by atoms with E-state index in [9.17, 15) is 0 Å². The highest BCUT2D eigenvalue weighted by molar-refractivity contribution is 5.86. The van der Waals surface area contributed by atoms with Crippen LogP contribution in [-0.2, 0) is 0 Å². The molecule has 0 aliphatic carbocycles. The number of hydrogen-bond acceptors (Lipinski definition) is 8. The van der Waals surface area contributed by atoms with E-state index in [1.165, 1.54) is 0 Å². The van der Waals surface area contributed by atoms with Crippen molar-refractivity contribution in [1.29, 1.82) is 0 Å². The van der Waals surface area contributed by atoms with Crippen LogP contribution in [0.15, 0.2) is 193 Å². The van der Waals surface area contributed by atoms with E-state index < -0.39 is 0 Å². The lowest BCUT2D eigenvalue weighted by Crippen LogP contribution is -1.99. The van der Waals surface area contributed by atoms with Crippen LogP contribution in [0.25, 0.3) is 112 Å². The summed E-state index contributed by atoms with van der Waals surface area (Å²) >= 11 is 0. The van der Waals surface area contributed by atoms with Crippen LogP contribution < -0.4 is 0 Å². The lowest BCUT2D eigenvalue weighted by molar-refractivity contribution is 0.620. The van der Waals surface area contributed by atoms with E-state index in [4.69, 9.17) is 39.3 Å².